The highest BCUT2D eigenvalue weighted by Gasteiger charge is 2.19. The van der Waals surface area contributed by atoms with E-state index in [1.165, 1.54) is 70.6 Å². The fourth-order valence-electron chi connectivity index (χ4n) is 3.08. The number of halogens is 1. The highest BCUT2D eigenvalue weighted by atomic mass is 35.5. The number of carbonyl (C=O) groups excluding carboxylic acids is 1. The first-order chi connectivity index (χ1) is 12.2. The molecule has 0 aromatic heterocycles. The number of hydrogen-bond acceptors (Lipinski definition) is 3. The van der Waals surface area contributed by atoms with Crippen molar-refractivity contribution in [1.82, 2.24) is 5.32 Å². The molecule has 0 heterocycles. The lowest BCUT2D eigenvalue weighted by atomic mass is 10.0. The van der Waals surface area contributed by atoms with Gasteiger partial charge in [0.15, 0.2) is 0 Å². The van der Waals surface area contributed by atoms with E-state index in [-0.39, 0.29) is 18.4 Å². The van der Waals surface area contributed by atoms with Crippen molar-refractivity contribution in [3.05, 3.63) is 0 Å². The summed E-state index contributed by atoms with van der Waals surface area (Å²) in [5.74, 6) is -0.507. The standard InChI is InChI=1S/C20H40ClNO3/c1-2-3-4-5-6-7-8-9-10-11-12-13-14-15-19(24)18(17-23)22-20(25)16-21/h18-19,23-24H,2-17H2,1H3,(H,22,25). The molecule has 4 nitrogen and oxygen atoms in total. The van der Waals surface area contributed by atoms with E-state index in [9.17, 15) is 15.0 Å². The molecule has 3 N–H and O–H groups in total. The van der Waals surface area contributed by atoms with Gasteiger partial charge in [-0.1, -0.05) is 90.4 Å². The molecule has 0 saturated carbocycles. The average molecular weight is 378 g/mol. The van der Waals surface area contributed by atoms with Crippen LogP contribution in [-0.2, 0) is 4.79 Å². The minimum atomic E-state index is -0.704. The van der Waals surface area contributed by atoms with Gasteiger partial charge in [-0.25, -0.2) is 0 Å². The highest BCUT2D eigenvalue weighted by molar-refractivity contribution is 6.27. The van der Waals surface area contributed by atoms with Crippen LogP contribution in [0.2, 0.25) is 0 Å². The van der Waals surface area contributed by atoms with Gasteiger partial charge < -0.3 is 15.5 Å². The second-order valence-corrected chi connectivity index (χ2v) is 7.36. The van der Waals surface area contributed by atoms with Crippen molar-refractivity contribution in [3.8, 4) is 0 Å². The molecule has 25 heavy (non-hydrogen) atoms. The number of alkyl halides is 1. The average Bonchev–Trinajstić information content (AvgIpc) is 2.63. The van der Waals surface area contributed by atoms with Crippen LogP contribution in [0.4, 0.5) is 0 Å². The van der Waals surface area contributed by atoms with Gasteiger partial charge >= 0.3 is 0 Å². The van der Waals surface area contributed by atoms with Crippen molar-refractivity contribution < 1.29 is 15.0 Å². The first kappa shape index (κ1) is 24.7. The largest absolute Gasteiger partial charge is 0.394 e. The third-order valence-electron chi connectivity index (χ3n) is 4.73. The fourth-order valence-corrected chi connectivity index (χ4v) is 3.16. The van der Waals surface area contributed by atoms with Crippen LogP contribution >= 0.6 is 11.6 Å². The van der Waals surface area contributed by atoms with Crippen LogP contribution in [0.1, 0.15) is 96.8 Å². The van der Waals surface area contributed by atoms with Crippen LogP contribution in [0.5, 0.6) is 0 Å². The Bertz CT molecular complexity index is 303. The maximum Gasteiger partial charge on any atom is 0.235 e. The number of aliphatic hydroxyl groups is 2. The lowest BCUT2D eigenvalue weighted by Crippen LogP contribution is -2.46. The fraction of sp³-hybridized carbons (Fsp3) is 0.950. The Hall–Kier alpha value is -0.320. The van der Waals surface area contributed by atoms with Gasteiger partial charge in [-0.2, -0.15) is 0 Å². The second kappa shape index (κ2) is 18.5. The van der Waals surface area contributed by atoms with Gasteiger partial charge in [-0.15, -0.1) is 11.6 Å². The maximum absolute atomic E-state index is 11.2. The zero-order valence-electron chi connectivity index (χ0n) is 16.1. The third kappa shape index (κ3) is 15.6. The van der Waals surface area contributed by atoms with Gasteiger partial charge in [0, 0.05) is 0 Å². The van der Waals surface area contributed by atoms with Gasteiger partial charge in [0.05, 0.1) is 18.8 Å². The summed E-state index contributed by atoms with van der Waals surface area (Å²) in [6.45, 7) is 1.99. The lowest BCUT2D eigenvalue weighted by Gasteiger charge is -2.21. The summed E-state index contributed by atoms with van der Waals surface area (Å²) in [5.41, 5.74) is 0. The Labute approximate surface area is 159 Å². The summed E-state index contributed by atoms with van der Waals surface area (Å²) in [6.07, 6.45) is 16.7. The quantitative estimate of drug-likeness (QED) is 0.242. The molecule has 0 aromatic rings. The summed E-state index contributed by atoms with van der Waals surface area (Å²) in [6, 6.07) is -0.608. The molecule has 2 unspecified atom stereocenters. The first-order valence-electron chi connectivity index (χ1n) is 10.3. The first-order valence-corrected chi connectivity index (χ1v) is 10.8. The molecule has 2 atom stereocenters. The van der Waals surface area contributed by atoms with Gasteiger partial charge in [0.2, 0.25) is 5.91 Å². The van der Waals surface area contributed by atoms with Gasteiger partial charge in [0.1, 0.15) is 5.88 Å². The number of nitrogens with one attached hydrogen (secondary N) is 1. The Morgan fingerprint density at radius 3 is 1.72 bits per heavy atom. The van der Waals surface area contributed by atoms with E-state index in [1.807, 2.05) is 0 Å². The predicted octanol–water partition coefficient (Wildman–Crippen LogP) is 4.54. The number of rotatable bonds is 18. The molecule has 0 spiro atoms. The Morgan fingerprint density at radius 2 is 1.32 bits per heavy atom. The molecule has 0 rings (SSSR count). The zero-order chi connectivity index (χ0) is 18.8. The highest BCUT2D eigenvalue weighted by Crippen LogP contribution is 2.14. The van der Waals surface area contributed by atoms with Crippen molar-refractivity contribution in [2.24, 2.45) is 0 Å². The van der Waals surface area contributed by atoms with Gasteiger partial charge in [-0.05, 0) is 6.42 Å². The summed E-state index contributed by atoms with van der Waals surface area (Å²) in [5, 5.41) is 21.8. The summed E-state index contributed by atoms with van der Waals surface area (Å²) in [7, 11) is 0. The normalized spacial score (nSPS) is 13.6. The molecule has 0 radical (unpaired) electrons. The second-order valence-electron chi connectivity index (χ2n) is 7.09. The number of unbranched alkanes of at least 4 members (excludes halogenated alkanes) is 12. The zero-order valence-corrected chi connectivity index (χ0v) is 16.9. The van der Waals surface area contributed by atoms with Gasteiger partial charge in [-0.3, -0.25) is 4.79 Å². The molecule has 0 aliphatic carbocycles. The van der Waals surface area contributed by atoms with Crippen molar-refractivity contribution in [2.45, 2.75) is 109 Å². The Morgan fingerprint density at radius 1 is 0.880 bits per heavy atom. The monoisotopic (exact) mass is 377 g/mol. The molecule has 0 aliphatic rings. The van der Waals surface area contributed by atoms with E-state index in [2.05, 4.69) is 12.2 Å². The van der Waals surface area contributed by atoms with Crippen molar-refractivity contribution >= 4 is 17.5 Å². The minimum absolute atomic E-state index is 0.151. The van der Waals surface area contributed by atoms with E-state index >= 15 is 0 Å². The summed E-state index contributed by atoms with van der Waals surface area (Å²) in [4.78, 5) is 11.2. The maximum atomic E-state index is 11.2. The molecule has 0 aromatic carbocycles. The van der Waals surface area contributed by atoms with E-state index in [0.29, 0.717) is 6.42 Å². The van der Waals surface area contributed by atoms with Gasteiger partial charge in [0.25, 0.3) is 0 Å². The van der Waals surface area contributed by atoms with Crippen molar-refractivity contribution in [3.63, 3.8) is 0 Å². The van der Waals surface area contributed by atoms with E-state index in [4.69, 9.17) is 11.6 Å². The molecule has 150 valence electrons. The Kier molecular flexibility index (Phi) is 18.2. The molecule has 0 aliphatic heterocycles. The topological polar surface area (TPSA) is 69.6 Å². The number of carbonyl (C=O) groups is 1. The smallest absolute Gasteiger partial charge is 0.235 e. The van der Waals surface area contributed by atoms with E-state index < -0.39 is 12.1 Å². The summed E-state index contributed by atoms with van der Waals surface area (Å²) >= 11 is 5.42. The van der Waals surface area contributed by atoms with Crippen LogP contribution in [0.15, 0.2) is 0 Å². The number of amides is 1. The number of hydrogen-bond donors (Lipinski definition) is 3. The SMILES string of the molecule is CCCCCCCCCCCCCCCC(O)C(CO)NC(=O)CCl. The van der Waals surface area contributed by atoms with Crippen LogP contribution in [-0.4, -0.2) is 40.8 Å². The van der Waals surface area contributed by atoms with Crippen molar-refractivity contribution in [1.29, 1.82) is 0 Å². The molecule has 0 saturated heterocycles. The third-order valence-corrected chi connectivity index (χ3v) is 4.98. The lowest BCUT2D eigenvalue weighted by molar-refractivity contribution is -0.120. The van der Waals surface area contributed by atoms with Crippen LogP contribution in [0, 0.1) is 0 Å². The van der Waals surface area contributed by atoms with Crippen LogP contribution < -0.4 is 5.32 Å². The van der Waals surface area contributed by atoms with E-state index in [1.54, 1.807) is 0 Å². The summed E-state index contributed by atoms with van der Waals surface area (Å²) < 4.78 is 0. The number of aliphatic hydroxyl groups excluding tert-OH is 2. The predicted molar refractivity (Wildman–Crippen MR) is 106 cm³/mol. The molecule has 0 fully saturated rings. The molecule has 5 heteroatoms. The molecular formula is C20H40ClNO3. The van der Waals surface area contributed by atoms with Crippen molar-refractivity contribution in [2.75, 3.05) is 12.5 Å². The Balaban J connectivity index is 3.40. The van der Waals surface area contributed by atoms with E-state index in [0.717, 1.165) is 12.8 Å². The molecule has 0 bridgehead atoms. The van der Waals surface area contributed by atoms with Crippen LogP contribution in [0.25, 0.3) is 0 Å². The molecular weight excluding hydrogens is 338 g/mol. The minimum Gasteiger partial charge on any atom is -0.394 e. The van der Waals surface area contributed by atoms with Crippen LogP contribution in [0.3, 0.4) is 0 Å². The molecule has 1 amide bonds.